The van der Waals surface area contributed by atoms with E-state index in [4.69, 9.17) is 4.74 Å². The summed E-state index contributed by atoms with van der Waals surface area (Å²) in [6, 6.07) is 0. The van der Waals surface area contributed by atoms with Gasteiger partial charge in [-0.2, -0.15) is 0 Å². The van der Waals surface area contributed by atoms with Crippen molar-refractivity contribution >= 4 is 12.3 Å². The van der Waals surface area contributed by atoms with Crippen LogP contribution in [-0.2, 0) is 14.3 Å². The standard InChI is InChI=1S/C26H44O3/c1-19(2)9-5-6-10-20-12-13-22-21(15-18-27)23(14-17-25(20,22)3)26(4)16-8-7-11-24(28)29-26/h18-23H,5-17H2,1-4H3/t20-,21-,22?,23?,25+,26+/m0/s1. The molecule has 3 heteroatoms. The second-order valence-corrected chi connectivity index (χ2v) is 11.3. The predicted octanol–water partition coefficient (Wildman–Crippen LogP) is 6.73. The molecular formula is C26H44O3. The van der Waals surface area contributed by atoms with Crippen molar-refractivity contribution in [2.45, 2.75) is 117 Å². The van der Waals surface area contributed by atoms with E-state index in [1.807, 2.05) is 0 Å². The first-order chi connectivity index (χ1) is 13.8. The lowest BCUT2D eigenvalue weighted by molar-refractivity contribution is -0.172. The van der Waals surface area contributed by atoms with Gasteiger partial charge in [0.2, 0.25) is 0 Å². The van der Waals surface area contributed by atoms with Gasteiger partial charge in [-0.15, -0.1) is 0 Å². The van der Waals surface area contributed by atoms with Crippen molar-refractivity contribution in [3.05, 3.63) is 0 Å². The summed E-state index contributed by atoms with van der Waals surface area (Å²) in [7, 11) is 0. The summed E-state index contributed by atoms with van der Waals surface area (Å²) in [5, 5.41) is 0. The quantitative estimate of drug-likeness (QED) is 0.256. The molecule has 0 amide bonds. The minimum Gasteiger partial charge on any atom is -0.459 e. The first-order valence-electron chi connectivity index (χ1n) is 12.5. The fourth-order valence-electron chi connectivity index (χ4n) is 7.38. The van der Waals surface area contributed by atoms with Crippen LogP contribution in [-0.4, -0.2) is 17.9 Å². The number of carbonyl (C=O) groups excluding carboxylic acids is 2. The van der Waals surface area contributed by atoms with Crippen molar-refractivity contribution in [1.29, 1.82) is 0 Å². The highest BCUT2D eigenvalue weighted by atomic mass is 16.6. The number of cyclic esters (lactones) is 1. The minimum absolute atomic E-state index is 0.0300. The fourth-order valence-corrected chi connectivity index (χ4v) is 7.38. The maximum Gasteiger partial charge on any atom is 0.306 e. The van der Waals surface area contributed by atoms with Crippen molar-refractivity contribution in [2.24, 2.45) is 35.0 Å². The lowest BCUT2D eigenvalue weighted by atomic mass is 9.54. The van der Waals surface area contributed by atoms with Gasteiger partial charge in [0.15, 0.2) is 0 Å². The van der Waals surface area contributed by atoms with Gasteiger partial charge in [-0.1, -0.05) is 40.0 Å². The zero-order valence-corrected chi connectivity index (χ0v) is 19.4. The summed E-state index contributed by atoms with van der Waals surface area (Å²) in [6.45, 7) is 9.32. The van der Waals surface area contributed by atoms with Crippen LogP contribution < -0.4 is 0 Å². The average Bonchev–Trinajstić information content (AvgIpc) is 2.88. The fraction of sp³-hybridized carbons (Fsp3) is 0.923. The molecule has 3 aliphatic rings. The Balaban J connectivity index is 1.73. The van der Waals surface area contributed by atoms with E-state index in [0.29, 0.717) is 36.0 Å². The van der Waals surface area contributed by atoms with Crippen molar-refractivity contribution in [1.82, 2.24) is 0 Å². The van der Waals surface area contributed by atoms with Crippen LogP contribution in [0, 0.1) is 35.0 Å². The normalized spacial score (nSPS) is 40.4. The molecule has 0 aromatic rings. The van der Waals surface area contributed by atoms with Gasteiger partial charge in [-0.25, -0.2) is 0 Å². The van der Waals surface area contributed by atoms with Crippen LogP contribution >= 0.6 is 0 Å². The van der Waals surface area contributed by atoms with Crippen LogP contribution in [0.3, 0.4) is 0 Å². The molecule has 3 fully saturated rings. The van der Waals surface area contributed by atoms with Gasteiger partial charge in [0.1, 0.15) is 11.9 Å². The molecule has 2 saturated carbocycles. The molecule has 29 heavy (non-hydrogen) atoms. The molecule has 0 spiro atoms. The number of rotatable bonds is 8. The van der Waals surface area contributed by atoms with E-state index in [0.717, 1.165) is 43.8 Å². The molecule has 0 aromatic heterocycles. The predicted molar refractivity (Wildman–Crippen MR) is 117 cm³/mol. The van der Waals surface area contributed by atoms with Gasteiger partial charge < -0.3 is 9.53 Å². The van der Waals surface area contributed by atoms with Crippen molar-refractivity contribution in [3.63, 3.8) is 0 Å². The molecule has 1 saturated heterocycles. The molecule has 3 rings (SSSR count). The van der Waals surface area contributed by atoms with Crippen LogP contribution in [0.15, 0.2) is 0 Å². The van der Waals surface area contributed by atoms with Crippen molar-refractivity contribution in [2.75, 3.05) is 0 Å². The second-order valence-electron chi connectivity index (χ2n) is 11.3. The van der Waals surface area contributed by atoms with Gasteiger partial charge in [0.25, 0.3) is 0 Å². The number of hydrogen-bond acceptors (Lipinski definition) is 3. The Labute approximate surface area is 178 Å². The SMILES string of the molecule is CC(C)CCCC[C@H]1CCC2[C@H](CC=O)C([C@@]3(C)CCCCC(=O)O3)CC[C@@]21C. The van der Waals surface area contributed by atoms with Crippen molar-refractivity contribution in [3.8, 4) is 0 Å². The Kier molecular flexibility index (Phi) is 7.49. The zero-order valence-electron chi connectivity index (χ0n) is 19.4. The molecule has 0 aromatic carbocycles. The van der Waals surface area contributed by atoms with E-state index < -0.39 is 0 Å². The Morgan fingerprint density at radius 3 is 2.59 bits per heavy atom. The molecule has 0 radical (unpaired) electrons. The number of unbranched alkanes of at least 4 members (excludes halogenated alkanes) is 1. The highest BCUT2D eigenvalue weighted by molar-refractivity contribution is 5.70. The molecule has 166 valence electrons. The third-order valence-electron chi connectivity index (χ3n) is 9.02. The zero-order chi connectivity index (χ0) is 21.1. The number of ether oxygens (including phenoxy) is 1. The summed E-state index contributed by atoms with van der Waals surface area (Å²) in [6.07, 6.45) is 15.6. The molecule has 6 atom stereocenters. The van der Waals surface area contributed by atoms with Gasteiger partial charge in [0, 0.05) is 18.8 Å². The molecule has 0 bridgehead atoms. The summed E-state index contributed by atoms with van der Waals surface area (Å²) < 4.78 is 6.07. The summed E-state index contributed by atoms with van der Waals surface area (Å²) >= 11 is 0. The third-order valence-corrected chi connectivity index (χ3v) is 9.02. The van der Waals surface area contributed by atoms with Crippen molar-refractivity contribution < 1.29 is 14.3 Å². The maximum atomic E-state index is 12.3. The van der Waals surface area contributed by atoms with Gasteiger partial charge >= 0.3 is 5.97 Å². The van der Waals surface area contributed by atoms with Gasteiger partial charge in [-0.05, 0) is 87.4 Å². The number of hydrogen-bond donors (Lipinski definition) is 0. The monoisotopic (exact) mass is 404 g/mol. The first kappa shape index (κ1) is 22.8. The van der Waals surface area contributed by atoms with E-state index in [9.17, 15) is 9.59 Å². The molecule has 3 nitrogen and oxygen atoms in total. The van der Waals surface area contributed by atoms with E-state index >= 15 is 0 Å². The number of esters is 1. The molecule has 1 heterocycles. The maximum absolute atomic E-state index is 12.3. The van der Waals surface area contributed by atoms with E-state index in [1.165, 1.54) is 44.9 Å². The molecular weight excluding hydrogens is 360 g/mol. The van der Waals surface area contributed by atoms with E-state index in [2.05, 4.69) is 27.7 Å². The Hall–Kier alpha value is -0.860. The number of fused-ring (bicyclic) bond motifs is 1. The van der Waals surface area contributed by atoms with Crippen LogP contribution in [0.5, 0.6) is 0 Å². The summed E-state index contributed by atoms with van der Waals surface area (Å²) in [5.74, 6) is 2.91. The lowest BCUT2D eigenvalue weighted by Gasteiger charge is -2.53. The highest BCUT2D eigenvalue weighted by Crippen LogP contribution is 2.62. The second kappa shape index (κ2) is 9.52. The Morgan fingerprint density at radius 1 is 1.07 bits per heavy atom. The smallest absolute Gasteiger partial charge is 0.306 e. The average molecular weight is 405 g/mol. The number of aldehydes is 1. The Morgan fingerprint density at radius 2 is 1.86 bits per heavy atom. The van der Waals surface area contributed by atoms with Crippen LogP contribution in [0.1, 0.15) is 111 Å². The lowest BCUT2D eigenvalue weighted by Crippen LogP contribution is -2.51. The third kappa shape index (κ3) is 4.90. The summed E-state index contributed by atoms with van der Waals surface area (Å²) in [5.41, 5.74) is -0.00888. The van der Waals surface area contributed by atoms with E-state index in [1.54, 1.807) is 0 Å². The topological polar surface area (TPSA) is 43.4 Å². The van der Waals surface area contributed by atoms with Crippen LogP contribution in [0.4, 0.5) is 0 Å². The van der Waals surface area contributed by atoms with Crippen LogP contribution in [0.25, 0.3) is 0 Å². The summed E-state index contributed by atoms with van der Waals surface area (Å²) in [4.78, 5) is 23.9. The Bertz CT molecular complexity index is 570. The minimum atomic E-state index is -0.377. The highest BCUT2D eigenvalue weighted by Gasteiger charge is 2.57. The first-order valence-corrected chi connectivity index (χ1v) is 12.5. The molecule has 2 aliphatic carbocycles. The largest absolute Gasteiger partial charge is 0.459 e. The van der Waals surface area contributed by atoms with Gasteiger partial charge in [0.05, 0.1) is 0 Å². The van der Waals surface area contributed by atoms with Gasteiger partial charge in [-0.3, -0.25) is 4.79 Å². The number of carbonyl (C=O) groups is 2. The van der Waals surface area contributed by atoms with Crippen LogP contribution in [0.2, 0.25) is 0 Å². The molecule has 1 aliphatic heterocycles. The molecule has 2 unspecified atom stereocenters. The molecule has 0 N–H and O–H groups in total. The van der Waals surface area contributed by atoms with E-state index in [-0.39, 0.29) is 11.6 Å².